The van der Waals surface area contributed by atoms with E-state index in [2.05, 4.69) is 5.32 Å². The summed E-state index contributed by atoms with van der Waals surface area (Å²) in [6, 6.07) is 11.3. The summed E-state index contributed by atoms with van der Waals surface area (Å²) >= 11 is 6.10. The summed E-state index contributed by atoms with van der Waals surface area (Å²) in [5, 5.41) is 21.6. The Bertz CT molecular complexity index is 697. The Hall–Kier alpha value is -2.09. The van der Waals surface area contributed by atoms with Gasteiger partial charge in [-0.1, -0.05) is 23.7 Å². The van der Waals surface area contributed by atoms with E-state index >= 15 is 0 Å². The minimum absolute atomic E-state index is 0.0197. The van der Waals surface area contributed by atoms with Crippen molar-refractivity contribution in [2.24, 2.45) is 0 Å². The van der Waals surface area contributed by atoms with E-state index in [0.29, 0.717) is 16.3 Å². The van der Waals surface area contributed by atoms with Gasteiger partial charge in [-0.05, 0) is 42.3 Å². The van der Waals surface area contributed by atoms with Crippen LogP contribution in [0.15, 0.2) is 36.4 Å². The molecule has 108 valence electrons. The second-order valence-electron chi connectivity index (χ2n) is 4.69. The van der Waals surface area contributed by atoms with Crippen molar-refractivity contribution < 1.29 is 9.50 Å². The molecular weight excluding hydrogens is 291 g/mol. The standard InChI is InChI=1S/C16H14ClFN2O/c1-10(12-3-4-13(8-19)15(18)7-12)20-16-6-11(9-21)2-5-14(16)17/h2-7,10,20-21H,9H2,1H3. The summed E-state index contributed by atoms with van der Waals surface area (Å²) < 4.78 is 13.6. The highest BCUT2D eigenvalue weighted by Crippen LogP contribution is 2.28. The predicted octanol–water partition coefficient (Wildman–Crippen LogP) is 4.02. The van der Waals surface area contributed by atoms with Gasteiger partial charge < -0.3 is 10.4 Å². The highest BCUT2D eigenvalue weighted by Gasteiger charge is 2.11. The molecule has 5 heteroatoms. The summed E-state index contributed by atoms with van der Waals surface area (Å²) in [4.78, 5) is 0. The first-order valence-electron chi connectivity index (χ1n) is 6.40. The molecule has 2 aromatic rings. The zero-order valence-corrected chi connectivity index (χ0v) is 12.2. The second-order valence-corrected chi connectivity index (χ2v) is 5.10. The largest absolute Gasteiger partial charge is 0.392 e. The molecule has 0 radical (unpaired) electrons. The lowest BCUT2D eigenvalue weighted by Crippen LogP contribution is -2.08. The van der Waals surface area contributed by atoms with E-state index in [-0.39, 0.29) is 18.2 Å². The average Bonchev–Trinajstić information content (AvgIpc) is 2.49. The molecule has 1 unspecified atom stereocenters. The van der Waals surface area contributed by atoms with Crippen molar-refractivity contribution in [2.75, 3.05) is 5.32 Å². The van der Waals surface area contributed by atoms with Crippen LogP contribution in [0.1, 0.15) is 29.7 Å². The Kier molecular flexibility index (Phi) is 4.79. The lowest BCUT2D eigenvalue weighted by atomic mass is 10.1. The predicted molar refractivity (Wildman–Crippen MR) is 80.5 cm³/mol. The van der Waals surface area contributed by atoms with Crippen molar-refractivity contribution in [1.82, 2.24) is 0 Å². The summed E-state index contributed by atoms with van der Waals surface area (Å²) in [6.45, 7) is 1.79. The Labute approximate surface area is 127 Å². The quantitative estimate of drug-likeness (QED) is 0.897. The SMILES string of the molecule is CC(Nc1cc(CO)ccc1Cl)c1ccc(C#N)c(F)c1. The smallest absolute Gasteiger partial charge is 0.141 e. The Morgan fingerprint density at radius 3 is 2.71 bits per heavy atom. The van der Waals surface area contributed by atoms with Crippen molar-refractivity contribution in [3.05, 3.63) is 63.9 Å². The van der Waals surface area contributed by atoms with Crippen LogP contribution in [-0.4, -0.2) is 5.11 Å². The molecule has 0 aliphatic carbocycles. The van der Waals surface area contributed by atoms with Crippen LogP contribution in [0.4, 0.5) is 10.1 Å². The van der Waals surface area contributed by atoms with Crippen LogP contribution in [0.2, 0.25) is 5.02 Å². The van der Waals surface area contributed by atoms with E-state index < -0.39 is 5.82 Å². The van der Waals surface area contributed by atoms with Crippen molar-refractivity contribution in [3.8, 4) is 6.07 Å². The molecule has 21 heavy (non-hydrogen) atoms. The van der Waals surface area contributed by atoms with E-state index in [9.17, 15) is 4.39 Å². The third kappa shape index (κ3) is 3.52. The summed E-state index contributed by atoms with van der Waals surface area (Å²) in [5.41, 5.74) is 2.13. The molecule has 0 aliphatic heterocycles. The molecule has 2 aromatic carbocycles. The molecule has 0 amide bonds. The molecule has 0 bridgehead atoms. The first-order chi connectivity index (χ1) is 10.0. The number of hydrogen-bond donors (Lipinski definition) is 2. The summed E-state index contributed by atoms with van der Waals surface area (Å²) in [7, 11) is 0. The highest BCUT2D eigenvalue weighted by molar-refractivity contribution is 6.33. The van der Waals surface area contributed by atoms with Crippen LogP contribution < -0.4 is 5.32 Å². The van der Waals surface area contributed by atoms with Crippen molar-refractivity contribution >= 4 is 17.3 Å². The molecule has 0 spiro atoms. The number of nitriles is 1. The maximum atomic E-state index is 13.6. The molecule has 3 nitrogen and oxygen atoms in total. The Balaban J connectivity index is 2.24. The van der Waals surface area contributed by atoms with Crippen LogP contribution >= 0.6 is 11.6 Å². The van der Waals surface area contributed by atoms with E-state index in [1.165, 1.54) is 12.1 Å². The van der Waals surface area contributed by atoms with Crippen LogP contribution in [0.3, 0.4) is 0 Å². The maximum Gasteiger partial charge on any atom is 0.141 e. The molecule has 2 N–H and O–H groups in total. The second kappa shape index (κ2) is 6.57. The zero-order chi connectivity index (χ0) is 15.4. The van der Waals surface area contributed by atoms with Crippen LogP contribution in [0.25, 0.3) is 0 Å². The number of aliphatic hydroxyl groups is 1. The number of nitrogens with one attached hydrogen (secondary N) is 1. The number of aliphatic hydroxyl groups excluding tert-OH is 1. The number of nitrogens with zero attached hydrogens (tertiary/aromatic N) is 1. The molecule has 0 aromatic heterocycles. The maximum absolute atomic E-state index is 13.6. The topological polar surface area (TPSA) is 56.0 Å². The number of benzene rings is 2. The van der Waals surface area contributed by atoms with Gasteiger partial charge in [0.25, 0.3) is 0 Å². The van der Waals surface area contributed by atoms with Gasteiger partial charge in [-0.3, -0.25) is 0 Å². The van der Waals surface area contributed by atoms with Gasteiger partial charge in [0.15, 0.2) is 0 Å². The fraction of sp³-hybridized carbons (Fsp3) is 0.188. The van der Waals surface area contributed by atoms with E-state index in [1.807, 2.05) is 6.92 Å². The molecule has 1 atom stereocenters. The third-order valence-corrected chi connectivity index (χ3v) is 3.53. The fourth-order valence-corrected chi connectivity index (χ4v) is 2.16. The van der Waals surface area contributed by atoms with Gasteiger partial charge in [-0.15, -0.1) is 0 Å². The number of anilines is 1. The molecule has 2 rings (SSSR count). The van der Waals surface area contributed by atoms with Gasteiger partial charge in [0.1, 0.15) is 11.9 Å². The van der Waals surface area contributed by atoms with Crippen LogP contribution in [0.5, 0.6) is 0 Å². The van der Waals surface area contributed by atoms with Crippen LogP contribution in [-0.2, 0) is 6.61 Å². The third-order valence-electron chi connectivity index (χ3n) is 3.20. The zero-order valence-electron chi connectivity index (χ0n) is 11.4. The monoisotopic (exact) mass is 304 g/mol. The number of rotatable bonds is 4. The summed E-state index contributed by atoms with van der Waals surface area (Å²) in [5.74, 6) is -0.543. The van der Waals surface area contributed by atoms with E-state index in [4.69, 9.17) is 22.0 Å². The van der Waals surface area contributed by atoms with Crippen molar-refractivity contribution in [3.63, 3.8) is 0 Å². The van der Waals surface area contributed by atoms with E-state index in [0.717, 1.165) is 5.56 Å². The Morgan fingerprint density at radius 1 is 1.33 bits per heavy atom. The minimum Gasteiger partial charge on any atom is -0.392 e. The van der Waals surface area contributed by atoms with Gasteiger partial charge in [0, 0.05) is 6.04 Å². The van der Waals surface area contributed by atoms with Gasteiger partial charge in [-0.25, -0.2) is 4.39 Å². The van der Waals surface area contributed by atoms with Gasteiger partial charge in [0.05, 0.1) is 22.9 Å². The van der Waals surface area contributed by atoms with Gasteiger partial charge in [0.2, 0.25) is 0 Å². The minimum atomic E-state index is -0.543. The first-order valence-corrected chi connectivity index (χ1v) is 6.78. The molecule has 0 aliphatic rings. The van der Waals surface area contributed by atoms with Gasteiger partial charge in [-0.2, -0.15) is 5.26 Å². The molecule has 0 saturated heterocycles. The van der Waals surface area contributed by atoms with Gasteiger partial charge >= 0.3 is 0 Å². The normalized spacial score (nSPS) is 11.8. The lowest BCUT2D eigenvalue weighted by Gasteiger charge is -2.17. The Morgan fingerprint density at radius 2 is 2.10 bits per heavy atom. The number of halogens is 2. The molecule has 0 heterocycles. The summed E-state index contributed by atoms with van der Waals surface area (Å²) in [6.07, 6.45) is 0. The van der Waals surface area contributed by atoms with Crippen LogP contribution in [0, 0.1) is 17.1 Å². The fourth-order valence-electron chi connectivity index (χ4n) is 1.99. The first kappa shape index (κ1) is 15.3. The van der Waals surface area contributed by atoms with Crippen molar-refractivity contribution in [1.29, 1.82) is 5.26 Å². The van der Waals surface area contributed by atoms with Crippen molar-refractivity contribution in [2.45, 2.75) is 19.6 Å². The molecule has 0 saturated carbocycles. The lowest BCUT2D eigenvalue weighted by molar-refractivity contribution is 0.282. The van der Waals surface area contributed by atoms with E-state index in [1.54, 1.807) is 30.3 Å². The number of hydrogen-bond acceptors (Lipinski definition) is 3. The highest BCUT2D eigenvalue weighted by atomic mass is 35.5. The molecular formula is C16H14ClFN2O. The molecule has 0 fully saturated rings. The average molecular weight is 305 g/mol.